The summed E-state index contributed by atoms with van der Waals surface area (Å²) in [5.41, 5.74) is 0. The largest absolute Gasteiger partial charge is 0.358 e. The van der Waals surface area contributed by atoms with E-state index in [0.717, 1.165) is 6.32 Å². The van der Waals surface area contributed by atoms with E-state index in [2.05, 4.69) is 0 Å². The molecule has 0 atom stereocenters. The van der Waals surface area contributed by atoms with Crippen LogP contribution in [0, 0.1) is 38.5 Å². The van der Waals surface area contributed by atoms with Gasteiger partial charge in [-0.25, -0.2) is 0 Å². The fourth-order valence-electron chi connectivity index (χ4n) is 0. The Morgan fingerprint density at radius 3 is 1.60 bits per heavy atom. The summed E-state index contributed by atoms with van der Waals surface area (Å²) in [6.07, 6.45) is 0.750. The predicted octanol–water partition coefficient (Wildman–Crippen LogP) is 1.04. The van der Waals surface area contributed by atoms with E-state index < -0.39 is 0 Å². The van der Waals surface area contributed by atoms with Gasteiger partial charge in [0.25, 0.3) is 0 Å². The third-order valence-corrected chi connectivity index (χ3v) is 0. The quantitative estimate of drug-likeness (QED) is 0.462. The van der Waals surface area contributed by atoms with E-state index in [1.165, 1.54) is 0 Å². The second-order valence-corrected chi connectivity index (χ2v) is 0.408. The Balaban J connectivity index is -0.0000000200. The topological polar surface area (TPSA) is 0 Å². The number of hydrogen-bond donors (Lipinski definition) is 0. The van der Waals surface area contributed by atoms with Gasteiger partial charge in [0.15, 0.2) is 0 Å². The Hall–Kier alpha value is 1.12. The minimum Gasteiger partial charge on any atom is -0.358 e. The first-order valence-corrected chi connectivity index (χ1v) is 1.12. The van der Waals surface area contributed by atoms with Gasteiger partial charge in [-0.05, 0) is 0 Å². The Morgan fingerprint density at radius 2 is 1.60 bits per heavy atom. The predicted molar refractivity (Wildman–Crippen MR) is 22.6 cm³/mol. The summed E-state index contributed by atoms with van der Waals surface area (Å²) < 4.78 is 0. The van der Waals surface area contributed by atoms with Crippen LogP contribution in [0.25, 0.3) is 0 Å². The molecule has 0 aliphatic carbocycles. The van der Waals surface area contributed by atoms with Crippen LogP contribution >= 0.6 is 0 Å². The van der Waals surface area contributed by atoms with Crippen molar-refractivity contribution in [3.8, 4) is 0 Å². The summed E-state index contributed by atoms with van der Waals surface area (Å²) in [6, 6.07) is 0. The molecule has 0 heterocycles. The molecule has 0 spiro atoms. The fraction of sp³-hybridized carbons (Fsp3) is 0.667. The molecule has 0 unspecified atom stereocenters. The molecule has 0 saturated carbocycles. The minimum absolute atomic E-state index is 0. The molecule has 0 fully saturated rings. The molecule has 0 rings (SSSR count). The first kappa shape index (κ1) is 16.5. The molecule has 0 bridgehead atoms. The van der Waals surface area contributed by atoms with Crippen molar-refractivity contribution in [3.05, 3.63) is 7.43 Å². The van der Waals surface area contributed by atoms with E-state index in [1.54, 1.807) is 0 Å². The van der Waals surface area contributed by atoms with Crippen molar-refractivity contribution in [2.75, 3.05) is 0 Å². The molecule has 0 aromatic rings. The smallest absolute Gasteiger partial charge is 0.0649 e. The van der Waals surface area contributed by atoms with Gasteiger partial charge in [-0.1, -0.05) is 13.2 Å². The van der Waals surface area contributed by atoms with Crippen LogP contribution in [0.5, 0.6) is 0 Å². The van der Waals surface area contributed by atoms with Gasteiger partial charge in [-0.3, -0.25) is 0 Å². The first-order valence-electron chi connectivity index (χ1n) is 1.12. The molecule has 0 nitrogen and oxygen atoms in total. The van der Waals surface area contributed by atoms with Gasteiger partial charge in [0.05, 0.1) is 7.85 Å². The van der Waals surface area contributed by atoms with Crippen molar-refractivity contribution in [2.24, 2.45) is 0 Å². The molecular weight excluding hydrogens is 285 g/mol. The molecule has 5 heavy (non-hydrogen) atoms. The summed E-state index contributed by atoms with van der Waals surface area (Å²) in [4.78, 5) is 0. The maximum Gasteiger partial charge on any atom is 0.0649 e. The van der Waals surface area contributed by atoms with Gasteiger partial charge in [-0.2, -0.15) is 0 Å². The number of hydrogen-bond acceptors (Lipinski definition) is 0. The van der Waals surface area contributed by atoms with Gasteiger partial charge in [0.2, 0.25) is 0 Å². The zero-order valence-corrected chi connectivity index (χ0v) is 7.95. The molecule has 0 N–H and O–H groups in total. The van der Waals surface area contributed by atoms with Gasteiger partial charge in [0.1, 0.15) is 0 Å². The summed E-state index contributed by atoms with van der Waals surface area (Å²) in [6.45, 7) is 1.90. The summed E-state index contributed by atoms with van der Waals surface area (Å²) in [7, 11) is 4.85. The third kappa shape index (κ3) is 39.9. The average Bonchev–Trinajstić information content (AvgIpc) is 0.918. The molecule has 0 aromatic heterocycles. The van der Waals surface area contributed by atoms with Crippen molar-refractivity contribution >= 4 is 7.85 Å². The minimum atomic E-state index is 0. The van der Waals surface area contributed by atoms with Crippen LogP contribution in [0.1, 0.15) is 6.92 Å². The van der Waals surface area contributed by atoms with Gasteiger partial charge in [-0.15, -0.1) is 0 Å². The van der Waals surface area contributed by atoms with Crippen LogP contribution in [0.2, 0.25) is 6.32 Å². The standard InChI is InChI=1S/C2H5B.CH3.U/c1-2-3;;/h2H2,1H3;1H3;/q;-1;. The van der Waals surface area contributed by atoms with Crippen molar-refractivity contribution in [2.45, 2.75) is 13.2 Å². The van der Waals surface area contributed by atoms with Crippen LogP contribution < -0.4 is 0 Å². The normalized spacial score (nSPS) is 3.40. The summed E-state index contributed by atoms with van der Waals surface area (Å²) in [5.74, 6) is 0. The summed E-state index contributed by atoms with van der Waals surface area (Å²) >= 11 is 0. The molecule has 0 saturated heterocycles. The molecule has 0 amide bonds. The molecule has 28 valence electrons. The molecule has 2 radical (unpaired) electrons. The van der Waals surface area contributed by atoms with Crippen LogP contribution in [0.3, 0.4) is 0 Å². The van der Waals surface area contributed by atoms with Gasteiger partial charge in [0, 0.05) is 31.1 Å². The monoisotopic (exact) mass is 293 g/mol. The van der Waals surface area contributed by atoms with Crippen molar-refractivity contribution in [1.82, 2.24) is 0 Å². The van der Waals surface area contributed by atoms with E-state index in [1.807, 2.05) is 6.92 Å². The molecule has 0 aliphatic heterocycles. The summed E-state index contributed by atoms with van der Waals surface area (Å²) in [5, 5.41) is 0. The van der Waals surface area contributed by atoms with Crippen LogP contribution in [-0.4, -0.2) is 7.85 Å². The average molecular weight is 293 g/mol. The molecular formula is C3H8BU-. The van der Waals surface area contributed by atoms with E-state index in [0.29, 0.717) is 0 Å². The first-order chi connectivity index (χ1) is 1.41. The zero-order chi connectivity index (χ0) is 2.71. The van der Waals surface area contributed by atoms with Crippen LogP contribution in [0.4, 0.5) is 0 Å². The Kier molecular flexibility index (Phi) is 63.8. The molecule has 0 aromatic carbocycles. The molecule has 0 aliphatic rings. The SMILES string of the molecule is [B]CC.[CH3-].[U]. The van der Waals surface area contributed by atoms with Crippen molar-refractivity contribution in [3.63, 3.8) is 0 Å². The Bertz CT molecular complexity index is 6.85. The second-order valence-electron chi connectivity index (χ2n) is 0.408. The number of rotatable bonds is 0. The van der Waals surface area contributed by atoms with Crippen LogP contribution in [0.15, 0.2) is 0 Å². The van der Waals surface area contributed by atoms with E-state index >= 15 is 0 Å². The van der Waals surface area contributed by atoms with E-state index in [4.69, 9.17) is 7.85 Å². The van der Waals surface area contributed by atoms with Crippen molar-refractivity contribution < 1.29 is 31.1 Å². The van der Waals surface area contributed by atoms with Crippen molar-refractivity contribution in [1.29, 1.82) is 0 Å². The maximum absolute atomic E-state index is 4.85. The van der Waals surface area contributed by atoms with E-state index in [9.17, 15) is 0 Å². The van der Waals surface area contributed by atoms with Gasteiger partial charge < -0.3 is 7.43 Å². The zero-order valence-electron chi connectivity index (χ0n) is 3.78. The maximum atomic E-state index is 4.85. The van der Waals surface area contributed by atoms with E-state index in [-0.39, 0.29) is 38.5 Å². The van der Waals surface area contributed by atoms with Gasteiger partial charge >= 0.3 is 0 Å². The molecule has 2 heteroatoms. The Morgan fingerprint density at radius 1 is 1.60 bits per heavy atom. The third-order valence-electron chi connectivity index (χ3n) is 0. The van der Waals surface area contributed by atoms with Crippen LogP contribution in [-0.2, 0) is 0 Å². The fourth-order valence-corrected chi connectivity index (χ4v) is 0. The Labute approximate surface area is 59.5 Å². The second kappa shape index (κ2) is 19.4.